The molecular weight excluding hydrogens is 400 g/mol. The molecule has 0 aliphatic rings. The number of carbonyl (C=O) groups is 1. The maximum Gasteiger partial charge on any atom is 0.238 e. The number of fused-ring (bicyclic) bond motifs is 1. The summed E-state index contributed by atoms with van der Waals surface area (Å²) in [6.45, 7) is 0.914. The van der Waals surface area contributed by atoms with E-state index in [0.717, 1.165) is 26.4 Å². The zero-order valence-corrected chi connectivity index (χ0v) is 16.5. The topological polar surface area (TPSA) is 49.6 Å². The molecule has 25 heavy (non-hydrogen) atoms. The molecule has 3 rings (SSSR count). The molecule has 0 fully saturated rings. The largest absolute Gasteiger partial charge is 0.324 e. The van der Waals surface area contributed by atoms with Crippen LogP contribution in [0.2, 0.25) is 0 Å². The fraction of sp³-hybridized carbons (Fsp3) is 0.222. The first kappa shape index (κ1) is 18.0. The molecule has 0 unspecified atom stereocenters. The second kappa shape index (κ2) is 8.03. The van der Waals surface area contributed by atoms with Gasteiger partial charge in [-0.05, 0) is 53.5 Å². The summed E-state index contributed by atoms with van der Waals surface area (Å²) in [4.78, 5) is 19.9. The Morgan fingerprint density at radius 2 is 2.08 bits per heavy atom. The number of halogens is 1. The number of thioether (sulfide) groups is 1. The van der Waals surface area contributed by atoms with Gasteiger partial charge in [0.15, 0.2) is 0 Å². The van der Waals surface area contributed by atoms with Gasteiger partial charge in [0, 0.05) is 28.3 Å². The van der Waals surface area contributed by atoms with Gasteiger partial charge in [-0.25, -0.2) is 4.98 Å². The molecule has 1 N–H and O–H groups in total. The number of aromatic nitrogens is 2. The molecule has 0 saturated carbocycles. The molecule has 0 aliphatic heterocycles. The van der Waals surface area contributed by atoms with Crippen LogP contribution in [-0.4, -0.2) is 40.0 Å². The van der Waals surface area contributed by atoms with Crippen molar-refractivity contribution in [3.63, 3.8) is 0 Å². The molecule has 2 aromatic heterocycles. The maximum absolute atomic E-state index is 12.3. The zero-order valence-electron chi connectivity index (χ0n) is 14.1. The summed E-state index contributed by atoms with van der Waals surface area (Å²) in [5, 5.41) is 2.98. The van der Waals surface area contributed by atoms with E-state index in [4.69, 9.17) is 0 Å². The summed E-state index contributed by atoms with van der Waals surface area (Å²) in [6.07, 6.45) is 5.95. The third-order valence-electron chi connectivity index (χ3n) is 3.69. The molecule has 1 aromatic carbocycles. The fourth-order valence-corrected chi connectivity index (χ4v) is 3.52. The van der Waals surface area contributed by atoms with Gasteiger partial charge in [0.25, 0.3) is 0 Å². The molecular formula is C18H19BrN4OS. The van der Waals surface area contributed by atoms with Crippen molar-refractivity contribution >= 4 is 44.9 Å². The standard InChI is InChI=1S/C18H19BrN4OS/c1-22(10-14-11-23-9-13(19)7-8-17(23)20-14)12-18(24)21-15-5-3-4-6-16(15)25-2/h3-9,11H,10,12H2,1-2H3,(H,21,24). The molecule has 0 radical (unpaired) electrons. The quantitative estimate of drug-likeness (QED) is 0.616. The number of amides is 1. The summed E-state index contributed by atoms with van der Waals surface area (Å²) >= 11 is 5.07. The number of anilines is 1. The molecule has 130 valence electrons. The smallest absolute Gasteiger partial charge is 0.238 e. The predicted molar refractivity (Wildman–Crippen MR) is 106 cm³/mol. The number of nitrogens with one attached hydrogen (secondary N) is 1. The van der Waals surface area contributed by atoms with E-state index < -0.39 is 0 Å². The van der Waals surface area contributed by atoms with E-state index in [9.17, 15) is 4.79 Å². The number of benzene rings is 1. The van der Waals surface area contributed by atoms with Crippen molar-refractivity contribution in [3.8, 4) is 0 Å². The molecule has 2 heterocycles. The predicted octanol–water partition coefficient (Wildman–Crippen LogP) is 3.89. The first-order valence-corrected chi connectivity index (χ1v) is 9.81. The molecule has 0 saturated heterocycles. The number of imidazole rings is 1. The number of likely N-dealkylation sites (N-methyl/N-ethyl adjacent to an activating group) is 1. The van der Waals surface area contributed by atoms with Gasteiger partial charge in [-0.15, -0.1) is 11.8 Å². The van der Waals surface area contributed by atoms with Crippen LogP contribution in [-0.2, 0) is 11.3 Å². The lowest BCUT2D eigenvalue weighted by molar-refractivity contribution is -0.117. The number of hydrogen-bond donors (Lipinski definition) is 1. The molecule has 5 nitrogen and oxygen atoms in total. The molecule has 7 heteroatoms. The van der Waals surface area contributed by atoms with E-state index in [1.165, 1.54) is 0 Å². The minimum absolute atomic E-state index is 0.0319. The first-order valence-electron chi connectivity index (χ1n) is 7.79. The summed E-state index contributed by atoms with van der Waals surface area (Å²) in [5.41, 5.74) is 2.67. The Hall–Kier alpha value is -1.83. The van der Waals surface area contributed by atoms with Crippen molar-refractivity contribution in [1.82, 2.24) is 14.3 Å². The van der Waals surface area contributed by atoms with E-state index in [1.807, 2.05) is 71.4 Å². The lowest BCUT2D eigenvalue weighted by Crippen LogP contribution is -2.30. The molecule has 0 bridgehead atoms. The number of para-hydroxylation sites is 1. The van der Waals surface area contributed by atoms with Crippen LogP contribution in [0.15, 0.2) is 58.2 Å². The van der Waals surface area contributed by atoms with Gasteiger partial charge in [0.2, 0.25) is 5.91 Å². The Morgan fingerprint density at radius 3 is 2.88 bits per heavy atom. The van der Waals surface area contributed by atoms with Crippen LogP contribution in [0.5, 0.6) is 0 Å². The van der Waals surface area contributed by atoms with Gasteiger partial charge in [-0.1, -0.05) is 12.1 Å². The van der Waals surface area contributed by atoms with Crippen molar-refractivity contribution < 1.29 is 4.79 Å². The highest BCUT2D eigenvalue weighted by Gasteiger charge is 2.11. The maximum atomic E-state index is 12.3. The van der Waals surface area contributed by atoms with Crippen molar-refractivity contribution in [3.05, 3.63) is 59.0 Å². The summed E-state index contributed by atoms with van der Waals surface area (Å²) < 4.78 is 2.98. The Balaban J connectivity index is 1.61. The number of carbonyl (C=O) groups excluding carboxylic acids is 1. The Bertz CT molecular complexity index is 896. The monoisotopic (exact) mass is 418 g/mol. The molecule has 0 aliphatic carbocycles. The number of rotatable bonds is 6. The normalized spacial score (nSPS) is 11.2. The molecule has 0 atom stereocenters. The minimum atomic E-state index is -0.0319. The van der Waals surface area contributed by atoms with Crippen molar-refractivity contribution in [2.45, 2.75) is 11.4 Å². The Labute approximate surface area is 159 Å². The summed E-state index contributed by atoms with van der Waals surface area (Å²) in [7, 11) is 1.92. The van der Waals surface area contributed by atoms with E-state index in [-0.39, 0.29) is 5.91 Å². The Morgan fingerprint density at radius 1 is 1.28 bits per heavy atom. The highest BCUT2D eigenvalue weighted by atomic mass is 79.9. The van der Waals surface area contributed by atoms with Gasteiger partial charge < -0.3 is 9.72 Å². The summed E-state index contributed by atoms with van der Waals surface area (Å²) in [5.74, 6) is -0.0319. The lowest BCUT2D eigenvalue weighted by atomic mass is 10.3. The van der Waals surface area contributed by atoms with Gasteiger partial charge in [0.1, 0.15) is 5.65 Å². The van der Waals surface area contributed by atoms with Gasteiger partial charge in [0.05, 0.1) is 17.9 Å². The first-order chi connectivity index (χ1) is 12.0. The number of hydrogen-bond acceptors (Lipinski definition) is 4. The van der Waals surface area contributed by atoms with Crippen molar-refractivity contribution in [2.75, 3.05) is 25.2 Å². The number of nitrogens with zero attached hydrogens (tertiary/aromatic N) is 3. The van der Waals surface area contributed by atoms with Gasteiger partial charge >= 0.3 is 0 Å². The van der Waals surface area contributed by atoms with Crippen LogP contribution in [0.25, 0.3) is 5.65 Å². The number of pyridine rings is 1. The van der Waals surface area contributed by atoms with Crippen LogP contribution in [0.1, 0.15) is 5.69 Å². The third-order valence-corrected chi connectivity index (χ3v) is 4.96. The third kappa shape index (κ3) is 4.62. The summed E-state index contributed by atoms with van der Waals surface area (Å²) in [6, 6.07) is 11.7. The second-order valence-electron chi connectivity index (χ2n) is 5.77. The average Bonchev–Trinajstić information content (AvgIpc) is 2.96. The fourth-order valence-electron chi connectivity index (χ4n) is 2.61. The van der Waals surface area contributed by atoms with E-state index in [0.29, 0.717) is 13.1 Å². The van der Waals surface area contributed by atoms with E-state index in [2.05, 4.69) is 26.2 Å². The van der Waals surface area contributed by atoms with E-state index >= 15 is 0 Å². The Kier molecular flexibility index (Phi) is 5.78. The van der Waals surface area contributed by atoms with Crippen molar-refractivity contribution in [2.24, 2.45) is 0 Å². The highest BCUT2D eigenvalue weighted by Crippen LogP contribution is 2.24. The average molecular weight is 419 g/mol. The molecule has 1 amide bonds. The van der Waals surface area contributed by atoms with Gasteiger partial charge in [-0.2, -0.15) is 0 Å². The minimum Gasteiger partial charge on any atom is -0.324 e. The van der Waals surface area contributed by atoms with Crippen molar-refractivity contribution in [1.29, 1.82) is 0 Å². The van der Waals surface area contributed by atoms with Crippen LogP contribution >= 0.6 is 27.7 Å². The highest BCUT2D eigenvalue weighted by molar-refractivity contribution is 9.10. The van der Waals surface area contributed by atoms with Crippen LogP contribution in [0.4, 0.5) is 5.69 Å². The van der Waals surface area contributed by atoms with Crippen LogP contribution < -0.4 is 5.32 Å². The molecule has 0 spiro atoms. The van der Waals surface area contributed by atoms with E-state index in [1.54, 1.807) is 11.8 Å². The second-order valence-corrected chi connectivity index (χ2v) is 7.53. The van der Waals surface area contributed by atoms with Crippen LogP contribution in [0.3, 0.4) is 0 Å². The van der Waals surface area contributed by atoms with Crippen LogP contribution in [0, 0.1) is 0 Å². The molecule has 3 aromatic rings. The SMILES string of the molecule is CSc1ccccc1NC(=O)CN(C)Cc1cn2cc(Br)ccc2n1. The van der Waals surface area contributed by atoms with Gasteiger partial charge in [-0.3, -0.25) is 9.69 Å². The lowest BCUT2D eigenvalue weighted by Gasteiger charge is -2.15. The zero-order chi connectivity index (χ0) is 17.8.